The van der Waals surface area contributed by atoms with E-state index >= 15 is 0 Å². The maximum absolute atomic E-state index is 12.1. The van der Waals surface area contributed by atoms with E-state index in [2.05, 4.69) is 20.7 Å². The SMILES string of the molecule is O=S(=O)(NCC1CCCCO1)c1ccccc1Br. The minimum absolute atomic E-state index is 0.00369. The normalized spacial score (nSPS) is 20.8. The van der Waals surface area contributed by atoms with Crippen LogP contribution in [0.4, 0.5) is 0 Å². The molecule has 1 N–H and O–H groups in total. The first-order valence-electron chi connectivity index (χ1n) is 5.95. The summed E-state index contributed by atoms with van der Waals surface area (Å²) in [4.78, 5) is 0.265. The van der Waals surface area contributed by atoms with Gasteiger partial charge >= 0.3 is 0 Å². The molecule has 0 aromatic heterocycles. The average molecular weight is 334 g/mol. The molecule has 2 rings (SSSR count). The molecular formula is C12H16BrNO3S. The van der Waals surface area contributed by atoms with Crippen LogP contribution in [0.1, 0.15) is 19.3 Å². The van der Waals surface area contributed by atoms with Crippen LogP contribution in [0.5, 0.6) is 0 Å². The Morgan fingerprint density at radius 1 is 1.33 bits per heavy atom. The van der Waals surface area contributed by atoms with Gasteiger partial charge in [0.1, 0.15) is 0 Å². The van der Waals surface area contributed by atoms with Crippen molar-refractivity contribution in [1.29, 1.82) is 0 Å². The molecule has 1 atom stereocenters. The summed E-state index contributed by atoms with van der Waals surface area (Å²) in [7, 11) is -3.47. The largest absolute Gasteiger partial charge is 0.377 e. The first kappa shape index (κ1) is 14.0. The third-order valence-electron chi connectivity index (χ3n) is 2.90. The van der Waals surface area contributed by atoms with Crippen LogP contribution in [-0.2, 0) is 14.8 Å². The van der Waals surface area contributed by atoms with Crippen molar-refractivity contribution in [3.63, 3.8) is 0 Å². The van der Waals surface area contributed by atoms with Crippen molar-refractivity contribution in [2.75, 3.05) is 13.2 Å². The Kier molecular flexibility index (Phi) is 4.77. The first-order chi connectivity index (χ1) is 8.59. The molecule has 1 fully saturated rings. The molecule has 100 valence electrons. The van der Waals surface area contributed by atoms with Gasteiger partial charge in [-0.25, -0.2) is 13.1 Å². The zero-order valence-corrected chi connectivity index (χ0v) is 12.3. The molecule has 4 nitrogen and oxygen atoms in total. The molecule has 0 saturated carbocycles. The van der Waals surface area contributed by atoms with Crippen LogP contribution in [0.25, 0.3) is 0 Å². The van der Waals surface area contributed by atoms with Crippen LogP contribution in [0, 0.1) is 0 Å². The standard InChI is InChI=1S/C12H16BrNO3S/c13-11-6-1-2-7-12(11)18(15,16)14-9-10-5-3-4-8-17-10/h1-2,6-7,10,14H,3-5,8-9H2. The zero-order valence-electron chi connectivity index (χ0n) is 9.93. The Balaban J connectivity index is 2.01. The van der Waals surface area contributed by atoms with Gasteiger partial charge in [-0.15, -0.1) is 0 Å². The van der Waals surface area contributed by atoms with E-state index in [4.69, 9.17) is 4.74 Å². The average Bonchev–Trinajstić information content (AvgIpc) is 2.38. The Labute approximate surface area is 116 Å². The number of nitrogens with one attached hydrogen (secondary N) is 1. The van der Waals surface area contributed by atoms with E-state index in [-0.39, 0.29) is 11.0 Å². The maximum Gasteiger partial charge on any atom is 0.241 e. The summed E-state index contributed by atoms with van der Waals surface area (Å²) >= 11 is 3.25. The second kappa shape index (κ2) is 6.14. The highest BCUT2D eigenvalue weighted by Gasteiger charge is 2.20. The highest BCUT2D eigenvalue weighted by Crippen LogP contribution is 2.21. The number of rotatable bonds is 4. The van der Waals surface area contributed by atoms with Crippen molar-refractivity contribution >= 4 is 26.0 Å². The Morgan fingerprint density at radius 2 is 2.11 bits per heavy atom. The smallest absolute Gasteiger partial charge is 0.241 e. The Morgan fingerprint density at radius 3 is 2.78 bits per heavy atom. The van der Waals surface area contributed by atoms with Gasteiger partial charge in [-0.05, 0) is 47.3 Å². The van der Waals surface area contributed by atoms with Crippen molar-refractivity contribution in [1.82, 2.24) is 4.72 Å². The van der Waals surface area contributed by atoms with Gasteiger partial charge in [-0.3, -0.25) is 0 Å². The van der Waals surface area contributed by atoms with Crippen LogP contribution in [0.3, 0.4) is 0 Å². The molecule has 18 heavy (non-hydrogen) atoms. The molecule has 0 bridgehead atoms. The van der Waals surface area contributed by atoms with Crippen molar-refractivity contribution < 1.29 is 13.2 Å². The lowest BCUT2D eigenvalue weighted by molar-refractivity contribution is 0.0200. The van der Waals surface area contributed by atoms with Crippen LogP contribution < -0.4 is 4.72 Å². The predicted octanol–water partition coefficient (Wildman–Crippen LogP) is 2.30. The fraction of sp³-hybridized carbons (Fsp3) is 0.500. The van der Waals surface area contributed by atoms with Gasteiger partial charge < -0.3 is 4.74 Å². The summed E-state index contributed by atoms with van der Waals surface area (Å²) in [6, 6.07) is 6.78. The summed E-state index contributed by atoms with van der Waals surface area (Å²) in [6.07, 6.45) is 3.07. The summed E-state index contributed by atoms with van der Waals surface area (Å²) in [5, 5.41) is 0. The Bertz CT molecular complexity index is 498. The molecule has 0 amide bonds. The molecule has 1 aliphatic heterocycles. The third-order valence-corrected chi connectivity index (χ3v) is 5.34. The van der Waals surface area contributed by atoms with Crippen LogP contribution in [-0.4, -0.2) is 27.7 Å². The van der Waals surface area contributed by atoms with Crippen LogP contribution in [0.15, 0.2) is 33.6 Å². The molecule has 0 radical (unpaired) electrons. The highest BCUT2D eigenvalue weighted by atomic mass is 79.9. The van der Waals surface area contributed by atoms with E-state index in [9.17, 15) is 8.42 Å². The number of ether oxygens (including phenoxy) is 1. The number of halogens is 1. The molecule has 6 heteroatoms. The van der Waals surface area contributed by atoms with Crippen LogP contribution in [0.2, 0.25) is 0 Å². The quantitative estimate of drug-likeness (QED) is 0.919. The molecule has 1 aliphatic rings. The van der Waals surface area contributed by atoms with E-state index in [0.717, 1.165) is 25.9 Å². The maximum atomic E-state index is 12.1. The molecule has 1 aromatic rings. The summed E-state index contributed by atoms with van der Waals surface area (Å²) in [6.45, 7) is 1.06. The van der Waals surface area contributed by atoms with E-state index in [1.54, 1.807) is 24.3 Å². The van der Waals surface area contributed by atoms with Crippen LogP contribution >= 0.6 is 15.9 Å². The topological polar surface area (TPSA) is 55.4 Å². The fourth-order valence-electron chi connectivity index (χ4n) is 1.91. The zero-order chi connectivity index (χ0) is 13.0. The molecular weight excluding hydrogens is 318 g/mol. The monoisotopic (exact) mass is 333 g/mol. The lowest BCUT2D eigenvalue weighted by atomic mass is 10.1. The van der Waals surface area contributed by atoms with E-state index in [1.807, 2.05) is 0 Å². The van der Waals surface area contributed by atoms with Gasteiger partial charge in [0.25, 0.3) is 0 Å². The summed E-state index contributed by atoms with van der Waals surface area (Å²) < 4.78 is 32.9. The molecule has 1 unspecified atom stereocenters. The number of sulfonamides is 1. The fourth-order valence-corrected chi connectivity index (χ4v) is 3.98. The summed E-state index contributed by atoms with van der Waals surface area (Å²) in [5.41, 5.74) is 0. The second-order valence-electron chi connectivity index (χ2n) is 4.27. The lowest BCUT2D eigenvalue weighted by Crippen LogP contribution is -2.35. The first-order valence-corrected chi connectivity index (χ1v) is 8.23. The summed E-state index contributed by atoms with van der Waals surface area (Å²) in [5.74, 6) is 0. The Hall–Kier alpha value is -0.430. The van der Waals surface area contributed by atoms with Gasteiger partial charge in [-0.2, -0.15) is 0 Å². The number of hydrogen-bond acceptors (Lipinski definition) is 3. The van der Waals surface area contributed by atoms with Crippen molar-refractivity contribution in [2.45, 2.75) is 30.3 Å². The molecule has 1 heterocycles. The van der Waals surface area contributed by atoms with Gasteiger partial charge in [0.05, 0.1) is 11.0 Å². The van der Waals surface area contributed by atoms with Crippen molar-refractivity contribution in [3.05, 3.63) is 28.7 Å². The van der Waals surface area contributed by atoms with Gasteiger partial charge in [0, 0.05) is 17.6 Å². The number of benzene rings is 1. The minimum atomic E-state index is -3.47. The lowest BCUT2D eigenvalue weighted by Gasteiger charge is -2.22. The van der Waals surface area contributed by atoms with Gasteiger partial charge in [0.15, 0.2) is 0 Å². The van der Waals surface area contributed by atoms with E-state index in [0.29, 0.717) is 11.0 Å². The third kappa shape index (κ3) is 3.54. The molecule has 1 saturated heterocycles. The minimum Gasteiger partial charge on any atom is -0.377 e. The molecule has 0 aliphatic carbocycles. The van der Waals surface area contributed by atoms with E-state index in [1.165, 1.54) is 0 Å². The second-order valence-corrected chi connectivity index (χ2v) is 6.86. The number of hydrogen-bond donors (Lipinski definition) is 1. The van der Waals surface area contributed by atoms with Gasteiger partial charge in [-0.1, -0.05) is 12.1 Å². The van der Waals surface area contributed by atoms with E-state index < -0.39 is 10.0 Å². The molecule has 0 spiro atoms. The van der Waals surface area contributed by atoms with Gasteiger partial charge in [0.2, 0.25) is 10.0 Å². The van der Waals surface area contributed by atoms with Crippen molar-refractivity contribution in [3.8, 4) is 0 Å². The predicted molar refractivity (Wildman–Crippen MR) is 72.9 cm³/mol. The van der Waals surface area contributed by atoms with Crippen molar-refractivity contribution in [2.24, 2.45) is 0 Å². The molecule has 1 aromatic carbocycles. The highest BCUT2D eigenvalue weighted by molar-refractivity contribution is 9.10.